The Morgan fingerprint density at radius 2 is 1.90 bits per heavy atom. The number of pyridine rings is 1. The molecule has 0 bridgehead atoms. The number of hydrogen-bond acceptors (Lipinski definition) is 3. The Morgan fingerprint density at radius 3 is 2.38 bits per heavy atom. The Kier molecular flexibility index (Phi) is 6.44. The fraction of sp³-hybridized carbons (Fsp3) is 0.688. The summed E-state index contributed by atoms with van der Waals surface area (Å²) in [5, 5.41) is 3.79. The van der Waals surface area contributed by atoms with E-state index in [1.165, 1.54) is 0 Å². The summed E-state index contributed by atoms with van der Waals surface area (Å²) in [6.07, 6.45) is 3.65. The average molecular weight is 373 g/mol. The van der Waals surface area contributed by atoms with Crippen LogP contribution >= 0.6 is 15.9 Å². The standard InChI is InChI=1S/C16H29BrN2OSi/c1-12(2)15(11-20-21(6,7)16(3,4)5)19-14-8-13(17)9-18-10-14/h8-10,12,15,19H,11H2,1-7H3/t15-/m0/s1. The molecule has 0 unspecified atom stereocenters. The summed E-state index contributed by atoms with van der Waals surface area (Å²) in [7, 11) is -1.71. The van der Waals surface area contributed by atoms with Gasteiger partial charge in [-0.15, -0.1) is 0 Å². The van der Waals surface area contributed by atoms with Crippen LogP contribution in [0.3, 0.4) is 0 Å². The largest absolute Gasteiger partial charge is 0.415 e. The molecule has 5 heteroatoms. The number of nitrogens with one attached hydrogen (secondary N) is 1. The normalized spacial score (nSPS) is 14.3. The second kappa shape index (κ2) is 7.25. The molecule has 1 aromatic heterocycles. The lowest BCUT2D eigenvalue weighted by atomic mass is 10.1. The van der Waals surface area contributed by atoms with Crippen molar-refractivity contribution in [3.63, 3.8) is 0 Å². The minimum absolute atomic E-state index is 0.242. The molecule has 0 spiro atoms. The zero-order chi connectivity index (χ0) is 16.3. The molecule has 1 atom stereocenters. The zero-order valence-electron chi connectivity index (χ0n) is 14.3. The first kappa shape index (κ1) is 18.7. The van der Waals surface area contributed by atoms with Crippen LogP contribution in [0.2, 0.25) is 18.1 Å². The van der Waals surface area contributed by atoms with Crippen molar-refractivity contribution in [2.75, 3.05) is 11.9 Å². The molecule has 0 aliphatic rings. The first-order valence-corrected chi connectivity index (χ1v) is 11.2. The molecule has 1 heterocycles. The third-order valence-electron chi connectivity index (χ3n) is 4.29. The van der Waals surface area contributed by atoms with Crippen LogP contribution in [0.25, 0.3) is 0 Å². The molecule has 0 aliphatic carbocycles. The van der Waals surface area contributed by atoms with E-state index < -0.39 is 8.32 Å². The van der Waals surface area contributed by atoms with Crippen LogP contribution in [0.4, 0.5) is 5.69 Å². The third-order valence-corrected chi connectivity index (χ3v) is 9.23. The smallest absolute Gasteiger partial charge is 0.192 e. The molecular formula is C16H29BrN2OSi. The number of aromatic nitrogens is 1. The lowest BCUT2D eigenvalue weighted by Crippen LogP contribution is -2.44. The summed E-state index contributed by atoms with van der Waals surface area (Å²) >= 11 is 3.46. The van der Waals surface area contributed by atoms with E-state index in [2.05, 4.69) is 80.0 Å². The second-order valence-electron chi connectivity index (χ2n) is 7.46. The minimum Gasteiger partial charge on any atom is -0.415 e. The number of halogens is 1. The number of anilines is 1. The minimum atomic E-state index is -1.71. The molecule has 0 radical (unpaired) electrons. The van der Waals surface area contributed by atoms with Gasteiger partial charge < -0.3 is 9.74 Å². The van der Waals surface area contributed by atoms with Crippen molar-refractivity contribution in [1.29, 1.82) is 0 Å². The van der Waals surface area contributed by atoms with E-state index in [-0.39, 0.29) is 11.1 Å². The monoisotopic (exact) mass is 372 g/mol. The quantitative estimate of drug-likeness (QED) is 0.687. The number of hydrogen-bond donors (Lipinski definition) is 1. The van der Waals surface area contributed by atoms with Crippen LogP contribution in [0.1, 0.15) is 34.6 Å². The van der Waals surface area contributed by atoms with E-state index in [9.17, 15) is 0 Å². The van der Waals surface area contributed by atoms with E-state index >= 15 is 0 Å². The first-order chi connectivity index (χ1) is 9.53. The highest BCUT2D eigenvalue weighted by atomic mass is 79.9. The summed E-state index contributed by atoms with van der Waals surface area (Å²) in [5.74, 6) is 0.494. The van der Waals surface area contributed by atoms with E-state index in [1.807, 2.05) is 6.20 Å². The molecule has 21 heavy (non-hydrogen) atoms. The van der Waals surface area contributed by atoms with Gasteiger partial charge in [0.25, 0.3) is 0 Å². The van der Waals surface area contributed by atoms with Crippen molar-refractivity contribution in [1.82, 2.24) is 4.98 Å². The number of nitrogens with zero attached hydrogens (tertiary/aromatic N) is 1. The molecule has 1 aromatic rings. The maximum Gasteiger partial charge on any atom is 0.192 e. The van der Waals surface area contributed by atoms with Crippen molar-refractivity contribution in [3.8, 4) is 0 Å². The summed E-state index contributed by atoms with van der Waals surface area (Å²) in [6.45, 7) is 16.6. The molecule has 0 saturated carbocycles. The van der Waals surface area contributed by atoms with Gasteiger partial charge in [0.2, 0.25) is 0 Å². The second-order valence-corrected chi connectivity index (χ2v) is 13.2. The van der Waals surface area contributed by atoms with Crippen molar-refractivity contribution in [2.45, 2.75) is 58.8 Å². The fourth-order valence-electron chi connectivity index (χ4n) is 1.62. The van der Waals surface area contributed by atoms with Crippen molar-refractivity contribution >= 4 is 29.9 Å². The Labute approximate surface area is 139 Å². The Balaban J connectivity index is 2.71. The van der Waals surface area contributed by atoms with Gasteiger partial charge in [0.15, 0.2) is 8.32 Å². The average Bonchev–Trinajstić information content (AvgIpc) is 2.32. The Morgan fingerprint density at radius 1 is 1.29 bits per heavy atom. The van der Waals surface area contributed by atoms with Crippen LogP contribution in [0.5, 0.6) is 0 Å². The first-order valence-electron chi connectivity index (χ1n) is 7.54. The molecule has 3 nitrogen and oxygen atoms in total. The maximum atomic E-state index is 6.36. The van der Waals surface area contributed by atoms with Crippen LogP contribution in [-0.2, 0) is 4.43 Å². The van der Waals surface area contributed by atoms with Gasteiger partial charge in [-0.1, -0.05) is 34.6 Å². The molecule has 1 N–H and O–H groups in total. The van der Waals surface area contributed by atoms with Gasteiger partial charge in [-0.05, 0) is 46.0 Å². The molecule has 0 aromatic carbocycles. The summed E-state index contributed by atoms with van der Waals surface area (Å²) in [6, 6.07) is 2.34. The molecular weight excluding hydrogens is 344 g/mol. The highest BCUT2D eigenvalue weighted by Crippen LogP contribution is 2.36. The van der Waals surface area contributed by atoms with Crippen molar-refractivity contribution in [2.24, 2.45) is 5.92 Å². The topological polar surface area (TPSA) is 34.1 Å². The fourth-order valence-corrected chi connectivity index (χ4v) is 3.01. The highest BCUT2D eigenvalue weighted by Gasteiger charge is 2.37. The molecule has 120 valence electrons. The third kappa shape index (κ3) is 5.72. The van der Waals surface area contributed by atoms with Gasteiger partial charge >= 0.3 is 0 Å². The molecule has 0 amide bonds. The van der Waals surface area contributed by atoms with Gasteiger partial charge in [0, 0.05) is 10.7 Å². The van der Waals surface area contributed by atoms with Gasteiger partial charge in [-0.2, -0.15) is 0 Å². The Hall–Kier alpha value is -0.393. The summed E-state index contributed by atoms with van der Waals surface area (Å²) in [5.41, 5.74) is 1.03. The SMILES string of the molecule is CC(C)[C@H](CO[Si](C)(C)C(C)(C)C)Nc1cncc(Br)c1. The summed E-state index contributed by atoms with van der Waals surface area (Å²) < 4.78 is 7.35. The van der Waals surface area contributed by atoms with Crippen molar-refractivity contribution in [3.05, 3.63) is 22.9 Å². The van der Waals surface area contributed by atoms with Gasteiger partial charge in [0.1, 0.15) is 0 Å². The zero-order valence-corrected chi connectivity index (χ0v) is 16.9. The van der Waals surface area contributed by atoms with Crippen LogP contribution in [-0.4, -0.2) is 26.0 Å². The predicted octanol–water partition coefficient (Wildman–Crippen LogP) is 5.30. The molecule has 0 fully saturated rings. The van der Waals surface area contributed by atoms with E-state index in [4.69, 9.17) is 4.43 Å². The van der Waals surface area contributed by atoms with Crippen molar-refractivity contribution < 1.29 is 4.43 Å². The predicted molar refractivity (Wildman–Crippen MR) is 97.3 cm³/mol. The maximum absolute atomic E-state index is 6.36. The van der Waals surface area contributed by atoms with E-state index in [1.54, 1.807) is 6.20 Å². The Bertz CT molecular complexity index is 458. The van der Waals surface area contributed by atoms with Gasteiger partial charge in [-0.25, -0.2) is 0 Å². The van der Waals surface area contributed by atoms with E-state index in [0.717, 1.165) is 16.8 Å². The number of rotatable bonds is 6. The lowest BCUT2D eigenvalue weighted by Gasteiger charge is -2.38. The molecule has 1 rings (SSSR count). The van der Waals surface area contributed by atoms with Gasteiger partial charge in [0.05, 0.1) is 24.5 Å². The van der Waals surface area contributed by atoms with Crippen LogP contribution in [0.15, 0.2) is 22.9 Å². The van der Waals surface area contributed by atoms with Crippen LogP contribution in [0, 0.1) is 5.92 Å². The molecule has 0 saturated heterocycles. The molecule has 0 aliphatic heterocycles. The van der Waals surface area contributed by atoms with Gasteiger partial charge in [-0.3, -0.25) is 4.98 Å². The van der Waals surface area contributed by atoms with Crippen LogP contribution < -0.4 is 5.32 Å². The summed E-state index contributed by atoms with van der Waals surface area (Å²) in [4.78, 5) is 4.20. The highest BCUT2D eigenvalue weighted by molar-refractivity contribution is 9.10. The van der Waals surface area contributed by atoms with E-state index in [0.29, 0.717) is 5.92 Å². The lowest BCUT2D eigenvalue weighted by molar-refractivity contribution is 0.248.